The van der Waals surface area contributed by atoms with E-state index in [1.807, 2.05) is 0 Å². The van der Waals surface area contributed by atoms with E-state index >= 15 is 0 Å². The molecule has 1 aromatic heterocycles. The highest BCUT2D eigenvalue weighted by Crippen LogP contribution is 2.28. The second-order valence-electron chi connectivity index (χ2n) is 5.04. The molecular weight excluding hydrogens is 278 g/mol. The van der Waals surface area contributed by atoms with Crippen LogP contribution in [0.2, 0.25) is 0 Å². The van der Waals surface area contributed by atoms with E-state index in [1.54, 1.807) is 27.7 Å². The normalized spacial score (nSPS) is 12.5. The molecule has 2 aromatic rings. The molecule has 1 heterocycles. The van der Waals surface area contributed by atoms with Crippen molar-refractivity contribution in [1.29, 1.82) is 0 Å². The van der Waals surface area contributed by atoms with Crippen molar-refractivity contribution in [3.63, 3.8) is 0 Å². The molecule has 1 atom stereocenters. The van der Waals surface area contributed by atoms with Gasteiger partial charge in [0, 0.05) is 11.3 Å². The summed E-state index contributed by atoms with van der Waals surface area (Å²) in [5.74, 6) is -2.00. The second-order valence-corrected chi connectivity index (χ2v) is 5.04. The number of nitrogens with zero attached hydrogens (tertiary/aromatic N) is 3. The van der Waals surface area contributed by atoms with Crippen LogP contribution in [0.15, 0.2) is 6.07 Å². The van der Waals surface area contributed by atoms with Crippen molar-refractivity contribution >= 4 is 5.91 Å². The number of aryl methyl sites for hydroxylation is 1. The van der Waals surface area contributed by atoms with Gasteiger partial charge in [-0.2, -0.15) is 0 Å². The lowest BCUT2D eigenvalue weighted by Crippen LogP contribution is -2.17. The Kier molecular flexibility index (Phi) is 3.76. The molecule has 120 valence electrons. The fourth-order valence-electron chi connectivity index (χ4n) is 2.30. The Morgan fingerprint density at radius 3 is 2.52 bits per heavy atom. The van der Waals surface area contributed by atoms with Crippen LogP contribution in [0, 0.1) is 32.4 Å². The van der Waals surface area contributed by atoms with Gasteiger partial charge in [-0.3, -0.25) is 4.79 Å². The van der Waals surface area contributed by atoms with Crippen LogP contribution in [-0.4, -0.2) is 20.9 Å². The van der Waals surface area contributed by atoms with Gasteiger partial charge in [0.25, 0.3) is 5.91 Å². The third-order valence-corrected chi connectivity index (χ3v) is 3.70. The van der Waals surface area contributed by atoms with Crippen molar-refractivity contribution in [3.8, 4) is 0 Å². The molecule has 2 rings (SSSR count). The summed E-state index contributed by atoms with van der Waals surface area (Å²) in [5.41, 5.74) is 6.34. The van der Waals surface area contributed by atoms with E-state index in [0.29, 0.717) is 16.8 Å². The zero-order valence-corrected chi connectivity index (χ0v) is 12.2. The number of hydrogen-bond donors (Lipinski definition) is 1. The Bertz CT molecular complexity index is 740. The van der Waals surface area contributed by atoms with Crippen molar-refractivity contribution in [2.45, 2.75) is 33.7 Å². The lowest BCUT2D eigenvalue weighted by Gasteiger charge is -2.17. The largest absolute Gasteiger partial charge is 0.364 e. The number of primary amides is 1. The Morgan fingerprint density at radius 1 is 1.38 bits per heavy atom. The number of rotatable bonds is 3. The molecule has 0 radical (unpaired) electrons. The van der Waals surface area contributed by atoms with Crippen LogP contribution in [0.4, 0.5) is 8.78 Å². The SMILES string of the molecule is Cc1cc(F)c(C(C)n2nnc(C(N)=O)c2C)c(F)c1C.[HH].[HH].[HH].[HH]. The predicted molar refractivity (Wildman–Crippen MR) is 81.4 cm³/mol. The molecule has 1 amide bonds. The molecule has 0 spiro atoms. The van der Waals surface area contributed by atoms with E-state index in [0.717, 1.165) is 0 Å². The van der Waals surface area contributed by atoms with Crippen LogP contribution in [0.1, 0.15) is 51.5 Å². The van der Waals surface area contributed by atoms with Gasteiger partial charge in [-0.05, 0) is 44.9 Å². The topological polar surface area (TPSA) is 73.8 Å². The number of hydrogen-bond acceptors (Lipinski definition) is 3. The third-order valence-electron chi connectivity index (χ3n) is 3.70. The standard InChI is InChI=1S/C14H16F2N4O.4H2/c1-6-5-10(15)11(12(16)7(6)2)8(3)20-9(4)13(14(17)21)18-19-20;;;;/h5,8H,1-4H3,(H2,17,21);4*1H. The van der Waals surface area contributed by atoms with Gasteiger partial charge in [-0.1, -0.05) is 5.21 Å². The van der Waals surface area contributed by atoms with Crippen LogP contribution in [-0.2, 0) is 0 Å². The average Bonchev–Trinajstić information content (AvgIpc) is 2.78. The molecule has 1 aromatic carbocycles. The number of aromatic nitrogens is 3. The van der Waals surface area contributed by atoms with Crippen molar-refractivity contribution < 1.29 is 19.3 Å². The van der Waals surface area contributed by atoms with Crippen molar-refractivity contribution in [3.05, 3.63) is 45.8 Å². The van der Waals surface area contributed by atoms with Gasteiger partial charge < -0.3 is 5.73 Å². The average molecular weight is 302 g/mol. The number of carbonyl (C=O) groups excluding carboxylic acids is 1. The van der Waals surface area contributed by atoms with E-state index < -0.39 is 23.6 Å². The molecule has 2 N–H and O–H groups in total. The minimum Gasteiger partial charge on any atom is -0.364 e. The fraction of sp³-hybridized carbons (Fsp3) is 0.357. The minimum atomic E-state index is -0.745. The van der Waals surface area contributed by atoms with Crippen LogP contribution in [0.5, 0.6) is 0 Å². The van der Waals surface area contributed by atoms with Crippen molar-refractivity contribution in [2.24, 2.45) is 5.73 Å². The van der Waals surface area contributed by atoms with Gasteiger partial charge in [-0.15, -0.1) is 5.10 Å². The number of nitrogens with two attached hydrogens (primary N) is 1. The summed E-state index contributed by atoms with van der Waals surface area (Å²) in [4.78, 5) is 11.2. The molecule has 0 aliphatic carbocycles. The molecule has 7 heteroatoms. The predicted octanol–water partition coefficient (Wildman–Crippen LogP) is 3.17. The number of halogens is 2. The van der Waals surface area contributed by atoms with Gasteiger partial charge in [0.1, 0.15) is 11.6 Å². The zero-order chi connectivity index (χ0) is 15.9. The second kappa shape index (κ2) is 5.23. The Balaban J connectivity index is -0.00000121. The van der Waals surface area contributed by atoms with E-state index in [4.69, 9.17) is 5.73 Å². The van der Waals surface area contributed by atoms with Gasteiger partial charge in [0.15, 0.2) is 5.69 Å². The monoisotopic (exact) mass is 302 g/mol. The molecule has 21 heavy (non-hydrogen) atoms. The van der Waals surface area contributed by atoms with E-state index in [1.165, 1.54) is 10.7 Å². The summed E-state index contributed by atoms with van der Waals surface area (Å²) >= 11 is 0. The Morgan fingerprint density at radius 2 is 2.00 bits per heavy atom. The molecule has 0 fully saturated rings. The van der Waals surface area contributed by atoms with E-state index in [-0.39, 0.29) is 17.0 Å². The number of carbonyl (C=O) groups is 1. The zero-order valence-electron chi connectivity index (χ0n) is 12.2. The summed E-state index contributed by atoms with van der Waals surface area (Å²) in [6.45, 7) is 6.39. The molecule has 0 saturated carbocycles. The highest BCUT2D eigenvalue weighted by molar-refractivity contribution is 5.91. The summed E-state index contributed by atoms with van der Waals surface area (Å²) in [7, 11) is 0. The van der Waals surface area contributed by atoms with Crippen LogP contribution >= 0.6 is 0 Å². The fourth-order valence-corrected chi connectivity index (χ4v) is 2.30. The van der Waals surface area contributed by atoms with E-state index in [2.05, 4.69) is 10.3 Å². The first kappa shape index (κ1) is 15.1. The van der Waals surface area contributed by atoms with E-state index in [9.17, 15) is 13.6 Å². The van der Waals surface area contributed by atoms with Gasteiger partial charge in [-0.25, -0.2) is 13.5 Å². The smallest absolute Gasteiger partial charge is 0.271 e. The first-order chi connectivity index (χ1) is 9.75. The van der Waals surface area contributed by atoms with Crippen molar-refractivity contribution in [2.75, 3.05) is 0 Å². The highest BCUT2D eigenvalue weighted by atomic mass is 19.1. The highest BCUT2D eigenvalue weighted by Gasteiger charge is 2.24. The lowest BCUT2D eigenvalue weighted by molar-refractivity contribution is 0.0995. The number of amides is 1. The summed E-state index contributed by atoms with van der Waals surface area (Å²) in [6.07, 6.45) is 0. The van der Waals surface area contributed by atoms with Crippen molar-refractivity contribution in [1.82, 2.24) is 15.0 Å². The van der Waals surface area contributed by atoms with Crippen LogP contribution in [0.25, 0.3) is 0 Å². The minimum absolute atomic E-state index is 0. The molecular formula is C14H24F2N4O. The molecule has 0 aliphatic rings. The van der Waals surface area contributed by atoms with Gasteiger partial charge >= 0.3 is 0 Å². The third kappa shape index (κ3) is 2.39. The summed E-state index contributed by atoms with van der Waals surface area (Å²) in [5, 5.41) is 7.43. The molecule has 5 nitrogen and oxygen atoms in total. The summed E-state index contributed by atoms with van der Waals surface area (Å²) < 4.78 is 29.8. The number of benzene rings is 1. The molecule has 0 aliphatic heterocycles. The van der Waals surface area contributed by atoms with Gasteiger partial charge in [0.2, 0.25) is 0 Å². The Labute approximate surface area is 126 Å². The molecule has 1 unspecified atom stereocenters. The first-order valence-corrected chi connectivity index (χ1v) is 6.42. The summed E-state index contributed by atoms with van der Waals surface area (Å²) in [6, 6.07) is 0.538. The maximum Gasteiger partial charge on any atom is 0.271 e. The lowest BCUT2D eigenvalue weighted by atomic mass is 10.00. The molecule has 0 bridgehead atoms. The van der Waals surface area contributed by atoms with Crippen LogP contribution in [0.3, 0.4) is 0 Å². The molecule has 0 saturated heterocycles. The van der Waals surface area contributed by atoms with Gasteiger partial charge in [0.05, 0.1) is 11.7 Å². The maximum absolute atomic E-state index is 14.4. The maximum atomic E-state index is 14.4. The Hall–Kier alpha value is -2.31. The van der Waals surface area contributed by atoms with Crippen LogP contribution < -0.4 is 5.73 Å². The quantitative estimate of drug-likeness (QED) is 0.946. The first-order valence-electron chi connectivity index (χ1n) is 6.42.